The topological polar surface area (TPSA) is 57.8 Å². The van der Waals surface area contributed by atoms with Gasteiger partial charge in [-0.3, -0.25) is 9.89 Å². The lowest BCUT2D eigenvalue weighted by Crippen LogP contribution is -2.12. The number of aromatic amines is 1. The molecule has 4 nitrogen and oxygen atoms in total. The van der Waals surface area contributed by atoms with Crippen molar-refractivity contribution >= 4 is 27.5 Å². The van der Waals surface area contributed by atoms with Crippen LogP contribution in [0, 0.1) is 6.92 Å². The zero-order valence-corrected chi connectivity index (χ0v) is 10.2. The fraction of sp³-hybridized carbons (Fsp3) is 0.0909. The number of anilines is 1. The fourth-order valence-corrected chi connectivity index (χ4v) is 1.53. The minimum atomic E-state index is -0.216. The van der Waals surface area contributed by atoms with Crippen LogP contribution in [0.25, 0.3) is 0 Å². The van der Waals surface area contributed by atoms with Crippen LogP contribution in [0.5, 0.6) is 0 Å². The van der Waals surface area contributed by atoms with Gasteiger partial charge in [-0.25, -0.2) is 0 Å². The van der Waals surface area contributed by atoms with Gasteiger partial charge in [0, 0.05) is 15.9 Å². The third kappa shape index (κ3) is 2.49. The largest absolute Gasteiger partial charge is 0.321 e. The number of benzene rings is 1. The van der Waals surface area contributed by atoms with E-state index in [2.05, 4.69) is 31.4 Å². The minimum Gasteiger partial charge on any atom is -0.321 e. The standard InChI is InChI=1S/C11H10BrN3O/c1-7-6-10(15-14-7)11(16)13-9-4-2-8(12)3-5-9/h2-6H,1H3,(H,13,16)(H,14,15). The van der Waals surface area contributed by atoms with Crippen molar-refractivity contribution in [3.63, 3.8) is 0 Å². The van der Waals surface area contributed by atoms with Crippen LogP contribution < -0.4 is 5.32 Å². The molecule has 1 aromatic carbocycles. The first-order valence-corrected chi connectivity index (χ1v) is 5.53. The number of nitrogens with one attached hydrogen (secondary N) is 2. The van der Waals surface area contributed by atoms with Crippen molar-refractivity contribution < 1.29 is 4.79 Å². The molecule has 82 valence electrons. The molecule has 1 heterocycles. The lowest BCUT2D eigenvalue weighted by atomic mass is 10.3. The SMILES string of the molecule is Cc1cc(C(=O)Nc2ccc(Br)cc2)n[nH]1. The van der Waals surface area contributed by atoms with E-state index in [1.807, 2.05) is 31.2 Å². The number of halogens is 1. The Hall–Kier alpha value is -1.62. The predicted octanol–water partition coefficient (Wildman–Crippen LogP) is 2.73. The van der Waals surface area contributed by atoms with Crippen molar-refractivity contribution in [2.45, 2.75) is 6.92 Å². The quantitative estimate of drug-likeness (QED) is 0.888. The van der Waals surface area contributed by atoms with Gasteiger partial charge in [-0.05, 0) is 37.3 Å². The van der Waals surface area contributed by atoms with E-state index in [9.17, 15) is 4.79 Å². The summed E-state index contributed by atoms with van der Waals surface area (Å²) in [5.74, 6) is -0.216. The van der Waals surface area contributed by atoms with Crippen molar-refractivity contribution in [2.24, 2.45) is 0 Å². The Morgan fingerprint density at radius 3 is 2.62 bits per heavy atom. The summed E-state index contributed by atoms with van der Waals surface area (Å²) in [4.78, 5) is 11.7. The molecule has 0 radical (unpaired) electrons. The maximum Gasteiger partial charge on any atom is 0.276 e. The maximum absolute atomic E-state index is 11.7. The van der Waals surface area contributed by atoms with Crippen LogP contribution in [0.3, 0.4) is 0 Å². The number of hydrogen-bond acceptors (Lipinski definition) is 2. The summed E-state index contributed by atoms with van der Waals surface area (Å²) in [6, 6.07) is 9.08. The number of aromatic nitrogens is 2. The van der Waals surface area contributed by atoms with Crippen LogP contribution >= 0.6 is 15.9 Å². The predicted molar refractivity (Wildman–Crippen MR) is 65.4 cm³/mol. The second kappa shape index (κ2) is 4.49. The molecule has 0 bridgehead atoms. The van der Waals surface area contributed by atoms with E-state index in [-0.39, 0.29) is 5.91 Å². The van der Waals surface area contributed by atoms with Gasteiger partial charge in [-0.1, -0.05) is 15.9 Å². The van der Waals surface area contributed by atoms with Crippen LogP contribution in [0.2, 0.25) is 0 Å². The number of rotatable bonds is 2. The molecule has 0 unspecified atom stereocenters. The van der Waals surface area contributed by atoms with Crippen molar-refractivity contribution in [3.05, 3.63) is 46.2 Å². The molecule has 0 spiro atoms. The van der Waals surface area contributed by atoms with E-state index < -0.39 is 0 Å². The number of carbonyl (C=O) groups is 1. The Morgan fingerprint density at radius 1 is 1.38 bits per heavy atom. The normalized spacial score (nSPS) is 10.1. The molecule has 0 saturated carbocycles. The van der Waals surface area contributed by atoms with E-state index >= 15 is 0 Å². The first-order valence-electron chi connectivity index (χ1n) is 4.74. The molecule has 0 aliphatic carbocycles. The first-order chi connectivity index (χ1) is 7.65. The maximum atomic E-state index is 11.7. The van der Waals surface area contributed by atoms with Gasteiger partial charge in [-0.15, -0.1) is 0 Å². The fourth-order valence-electron chi connectivity index (χ4n) is 1.26. The highest BCUT2D eigenvalue weighted by atomic mass is 79.9. The highest BCUT2D eigenvalue weighted by Crippen LogP contribution is 2.14. The monoisotopic (exact) mass is 279 g/mol. The average molecular weight is 280 g/mol. The molecule has 2 aromatic rings. The molecule has 0 aliphatic rings. The number of hydrogen-bond donors (Lipinski definition) is 2. The zero-order valence-electron chi connectivity index (χ0n) is 8.62. The number of aryl methyl sites for hydroxylation is 1. The van der Waals surface area contributed by atoms with Gasteiger partial charge in [0.15, 0.2) is 5.69 Å². The molecule has 0 fully saturated rings. The van der Waals surface area contributed by atoms with Gasteiger partial charge in [0.05, 0.1) is 0 Å². The highest BCUT2D eigenvalue weighted by molar-refractivity contribution is 9.10. The van der Waals surface area contributed by atoms with E-state index in [4.69, 9.17) is 0 Å². The zero-order chi connectivity index (χ0) is 11.5. The molecule has 16 heavy (non-hydrogen) atoms. The molecule has 5 heteroatoms. The van der Waals surface area contributed by atoms with Crippen LogP contribution in [-0.2, 0) is 0 Å². The van der Waals surface area contributed by atoms with Crippen molar-refractivity contribution in [1.29, 1.82) is 0 Å². The highest BCUT2D eigenvalue weighted by Gasteiger charge is 2.08. The summed E-state index contributed by atoms with van der Waals surface area (Å²) < 4.78 is 0.973. The summed E-state index contributed by atoms with van der Waals surface area (Å²) in [5, 5.41) is 9.37. The molecule has 2 N–H and O–H groups in total. The molecule has 0 atom stereocenters. The molecule has 1 amide bonds. The third-order valence-electron chi connectivity index (χ3n) is 2.04. The van der Waals surface area contributed by atoms with Gasteiger partial charge in [0.2, 0.25) is 0 Å². The minimum absolute atomic E-state index is 0.216. The number of H-pyrrole nitrogens is 1. The molecule has 2 rings (SSSR count). The Labute approximate surface area is 101 Å². The van der Waals surface area contributed by atoms with Gasteiger partial charge in [0.25, 0.3) is 5.91 Å². The summed E-state index contributed by atoms with van der Waals surface area (Å²) in [7, 11) is 0. The van der Waals surface area contributed by atoms with Crippen molar-refractivity contribution in [1.82, 2.24) is 10.2 Å². The third-order valence-corrected chi connectivity index (χ3v) is 2.57. The second-order valence-electron chi connectivity index (χ2n) is 3.40. The summed E-state index contributed by atoms with van der Waals surface area (Å²) in [6.07, 6.45) is 0. The van der Waals surface area contributed by atoms with Crippen LogP contribution in [0.1, 0.15) is 16.2 Å². The lowest BCUT2D eigenvalue weighted by Gasteiger charge is -2.02. The van der Waals surface area contributed by atoms with Gasteiger partial charge >= 0.3 is 0 Å². The second-order valence-corrected chi connectivity index (χ2v) is 4.31. The molecular formula is C11H10BrN3O. The van der Waals surface area contributed by atoms with Crippen molar-refractivity contribution in [2.75, 3.05) is 5.32 Å². The lowest BCUT2D eigenvalue weighted by molar-refractivity contribution is 0.102. The number of amides is 1. The molecule has 0 aliphatic heterocycles. The number of carbonyl (C=O) groups excluding carboxylic acids is 1. The summed E-state index contributed by atoms with van der Waals surface area (Å²) in [6.45, 7) is 1.85. The Balaban J connectivity index is 2.10. The van der Waals surface area contributed by atoms with E-state index in [1.165, 1.54) is 0 Å². The van der Waals surface area contributed by atoms with Crippen LogP contribution in [0.15, 0.2) is 34.8 Å². The van der Waals surface area contributed by atoms with Crippen molar-refractivity contribution in [3.8, 4) is 0 Å². The van der Waals surface area contributed by atoms with E-state index in [0.717, 1.165) is 15.9 Å². The smallest absolute Gasteiger partial charge is 0.276 e. The Kier molecular flexibility index (Phi) is 3.05. The summed E-state index contributed by atoms with van der Waals surface area (Å²) >= 11 is 3.33. The van der Waals surface area contributed by atoms with Gasteiger partial charge in [0.1, 0.15) is 0 Å². The van der Waals surface area contributed by atoms with Crippen LogP contribution in [-0.4, -0.2) is 16.1 Å². The van der Waals surface area contributed by atoms with Crippen LogP contribution in [0.4, 0.5) is 5.69 Å². The molecule has 0 saturated heterocycles. The van der Waals surface area contributed by atoms with Gasteiger partial charge < -0.3 is 5.32 Å². The average Bonchev–Trinajstić information content (AvgIpc) is 2.68. The Bertz CT molecular complexity index is 504. The summed E-state index contributed by atoms with van der Waals surface area (Å²) in [5.41, 5.74) is 2.00. The Morgan fingerprint density at radius 2 is 2.06 bits per heavy atom. The molecule has 1 aromatic heterocycles. The van der Waals surface area contributed by atoms with E-state index in [1.54, 1.807) is 6.07 Å². The van der Waals surface area contributed by atoms with E-state index in [0.29, 0.717) is 5.69 Å². The first kappa shape index (κ1) is 10.9. The molecular weight excluding hydrogens is 270 g/mol. The van der Waals surface area contributed by atoms with Gasteiger partial charge in [-0.2, -0.15) is 5.10 Å². The number of nitrogens with zero attached hydrogens (tertiary/aromatic N) is 1.